The second kappa shape index (κ2) is 6.63. The van der Waals surface area contributed by atoms with Crippen LogP contribution in [-0.4, -0.2) is 70.9 Å². The predicted molar refractivity (Wildman–Crippen MR) is 79.7 cm³/mol. The van der Waals surface area contributed by atoms with Gasteiger partial charge in [-0.05, 0) is 19.3 Å². The van der Waals surface area contributed by atoms with E-state index in [0.29, 0.717) is 25.6 Å². The van der Waals surface area contributed by atoms with E-state index in [0.717, 1.165) is 13.1 Å². The molecule has 0 aromatic rings. The van der Waals surface area contributed by atoms with Gasteiger partial charge < -0.3 is 15.1 Å². The van der Waals surface area contributed by atoms with E-state index in [1.165, 1.54) is 32.1 Å². The van der Waals surface area contributed by atoms with Crippen LogP contribution < -0.4 is 0 Å². The maximum Gasteiger partial charge on any atom is 0.228 e. The maximum absolute atomic E-state index is 12.5. The molecule has 2 N–H and O–H groups in total. The van der Waals surface area contributed by atoms with E-state index in [2.05, 4.69) is 4.90 Å². The van der Waals surface area contributed by atoms with Gasteiger partial charge >= 0.3 is 0 Å². The van der Waals surface area contributed by atoms with Crippen LogP contribution in [0.3, 0.4) is 0 Å². The van der Waals surface area contributed by atoms with Crippen molar-refractivity contribution < 1.29 is 15.0 Å². The van der Waals surface area contributed by atoms with Crippen molar-refractivity contribution in [2.24, 2.45) is 11.8 Å². The Balaban J connectivity index is 1.46. The second-order valence-electron chi connectivity index (χ2n) is 7.03. The third kappa shape index (κ3) is 3.25. The number of hydrogen-bond acceptors (Lipinski definition) is 4. The van der Waals surface area contributed by atoms with Gasteiger partial charge in [0.1, 0.15) is 0 Å². The van der Waals surface area contributed by atoms with E-state index in [4.69, 9.17) is 0 Å². The first kappa shape index (κ1) is 15.3. The summed E-state index contributed by atoms with van der Waals surface area (Å²) in [5.74, 6) is 0.200. The number of piperidine rings is 1. The van der Waals surface area contributed by atoms with Crippen molar-refractivity contribution in [3.8, 4) is 0 Å². The van der Waals surface area contributed by atoms with Gasteiger partial charge in [0.05, 0.1) is 18.6 Å². The van der Waals surface area contributed by atoms with Crippen LogP contribution in [0.2, 0.25) is 0 Å². The first-order valence-corrected chi connectivity index (χ1v) is 8.51. The molecule has 0 radical (unpaired) electrons. The number of amides is 1. The maximum atomic E-state index is 12.5. The van der Waals surface area contributed by atoms with E-state index in [1.807, 2.05) is 4.90 Å². The zero-order valence-corrected chi connectivity index (χ0v) is 12.8. The largest absolute Gasteiger partial charge is 0.396 e. The van der Waals surface area contributed by atoms with Crippen LogP contribution in [0.15, 0.2) is 0 Å². The van der Waals surface area contributed by atoms with Gasteiger partial charge in [-0.1, -0.05) is 19.3 Å². The van der Waals surface area contributed by atoms with Gasteiger partial charge in [-0.25, -0.2) is 0 Å². The lowest BCUT2D eigenvalue weighted by molar-refractivity contribution is -0.147. The van der Waals surface area contributed by atoms with Gasteiger partial charge in [-0.15, -0.1) is 0 Å². The van der Waals surface area contributed by atoms with Gasteiger partial charge in [0.2, 0.25) is 5.91 Å². The van der Waals surface area contributed by atoms with Crippen molar-refractivity contribution in [3.05, 3.63) is 0 Å². The molecule has 0 bridgehead atoms. The molecule has 2 atom stereocenters. The number of aliphatic hydroxyl groups is 2. The number of likely N-dealkylation sites (tertiary alicyclic amines) is 2. The molecule has 2 saturated heterocycles. The van der Waals surface area contributed by atoms with Crippen molar-refractivity contribution in [2.75, 3.05) is 32.8 Å². The van der Waals surface area contributed by atoms with Crippen molar-refractivity contribution in [1.82, 2.24) is 9.80 Å². The van der Waals surface area contributed by atoms with Gasteiger partial charge in [0, 0.05) is 38.1 Å². The predicted octanol–water partition coefficient (Wildman–Crippen LogP) is 0.453. The highest BCUT2D eigenvalue weighted by Gasteiger charge is 2.40. The molecule has 3 fully saturated rings. The number of hydrogen-bond donors (Lipinski definition) is 2. The van der Waals surface area contributed by atoms with Crippen LogP contribution in [0.5, 0.6) is 0 Å². The number of rotatable bonds is 3. The summed E-state index contributed by atoms with van der Waals surface area (Å²) >= 11 is 0. The third-order valence-corrected chi connectivity index (χ3v) is 5.59. The molecule has 3 aliphatic rings. The average molecular weight is 296 g/mol. The monoisotopic (exact) mass is 296 g/mol. The van der Waals surface area contributed by atoms with Crippen LogP contribution >= 0.6 is 0 Å². The standard InChI is InChI=1S/C16H28N2O3/c19-11-13-10-17(7-6-15(13)20)16(21)12-8-18(9-12)14-4-2-1-3-5-14/h12-15,19-20H,1-11H2. The molecule has 0 aromatic heterocycles. The Kier molecular flexibility index (Phi) is 4.82. The highest BCUT2D eigenvalue weighted by atomic mass is 16.3. The smallest absolute Gasteiger partial charge is 0.228 e. The van der Waals surface area contributed by atoms with Crippen molar-refractivity contribution in [1.29, 1.82) is 0 Å². The third-order valence-electron chi connectivity index (χ3n) is 5.59. The zero-order valence-electron chi connectivity index (χ0n) is 12.8. The Morgan fingerprint density at radius 1 is 1.05 bits per heavy atom. The van der Waals surface area contributed by atoms with E-state index in [9.17, 15) is 15.0 Å². The summed E-state index contributed by atoms with van der Waals surface area (Å²) in [6.45, 7) is 2.93. The normalized spacial score (nSPS) is 33.0. The van der Waals surface area contributed by atoms with E-state index in [1.54, 1.807) is 0 Å². The molecule has 0 spiro atoms. The lowest BCUT2D eigenvalue weighted by Gasteiger charge is -2.47. The van der Waals surface area contributed by atoms with Gasteiger partial charge in [-0.2, -0.15) is 0 Å². The highest BCUT2D eigenvalue weighted by Crippen LogP contribution is 2.30. The summed E-state index contributed by atoms with van der Waals surface area (Å²) < 4.78 is 0. The fourth-order valence-electron chi connectivity index (χ4n) is 4.07. The summed E-state index contributed by atoms with van der Waals surface area (Å²) in [5.41, 5.74) is 0. The molecule has 1 aliphatic carbocycles. The quantitative estimate of drug-likeness (QED) is 0.794. The van der Waals surface area contributed by atoms with Crippen LogP contribution in [-0.2, 0) is 4.79 Å². The minimum Gasteiger partial charge on any atom is -0.396 e. The number of aliphatic hydroxyl groups excluding tert-OH is 2. The first-order valence-electron chi connectivity index (χ1n) is 8.51. The molecule has 21 heavy (non-hydrogen) atoms. The molecule has 1 saturated carbocycles. The summed E-state index contributed by atoms with van der Waals surface area (Å²) in [4.78, 5) is 16.8. The van der Waals surface area contributed by atoms with E-state index < -0.39 is 6.10 Å². The molecule has 2 heterocycles. The fraction of sp³-hybridized carbons (Fsp3) is 0.938. The lowest BCUT2D eigenvalue weighted by Crippen LogP contribution is -2.59. The minimum atomic E-state index is -0.459. The zero-order chi connectivity index (χ0) is 14.8. The molecule has 5 nitrogen and oxygen atoms in total. The Labute approximate surface area is 126 Å². The lowest BCUT2D eigenvalue weighted by atomic mass is 9.87. The molecule has 0 aromatic carbocycles. The van der Waals surface area contributed by atoms with Gasteiger partial charge in [0.25, 0.3) is 0 Å². The first-order chi connectivity index (χ1) is 10.2. The number of carbonyl (C=O) groups excluding carboxylic acids is 1. The Morgan fingerprint density at radius 3 is 2.43 bits per heavy atom. The van der Waals surface area contributed by atoms with Crippen LogP contribution in [0.4, 0.5) is 0 Å². The van der Waals surface area contributed by atoms with Crippen molar-refractivity contribution in [2.45, 2.75) is 50.7 Å². The molecule has 120 valence electrons. The van der Waals surface area contributed by atoms with Crippen LogP contribution in [0.25, 0.3) is 0 Å². The SMILES string of the molecule is O=C(C1CN(C2CCCCC2)C1)N1CCC(O)C(CO)C1. The topological polar surface area (TPSA) is 64.0 Å². The van der Waals surface area contributed by atoms with Crippen molar-refractivity contribution in [3.63, 3.8) is 0 Å². The number of nitrogens with zero attached hydrogens (tertiary/aromatic N) is 2. The average Bonchev–Trinajstić information content (AvgIpc) is 2.47. The summed E-state index contributed by atoms with van der Waals surface area (Å²) in [6.07, 6.45) is 6.76. The molecule has 5 heteroatoms. The Morgan fingerprint density at radius 2 is 1.76 bits per heavy atom. The molecule has 1 amide bonds. The highest BCUT2D eigenvalue weighted by molar-refractivity contribution is 5.80. The van der Waals surface area contributed by atoms with E-state index in [-0.39, 0.29) is 24.3 Å². The molecule has 2 aliphatic heterocycles. The molecule has 3 rings (SSSR count). The Bertz CT molecular complexity index is 365. The summed E-state index contributed by atoms with van der Waals surface area (Å²) in [6, 6.07) is 0.705. The summed E-state index contributed by atoms with van der Waals surface area (Å²) in [7, 11) is 0. The Hall–Kier alpha value is -0.650. The molecule has 2 unspecified atom stereocenters. The van der Waals surface area contributed by atoms with E-state index >= 15 is 0 Å². The molecular weight excluding hydrogens is 268 g/mol. The van der Waals surface area contributed by atoms with Gasteiger partial charge in [0.15, 0.2) is 0 Å². The summed E-state index contributed by atoms with van der Waals surface area (Å²) in [5, 5.41) is 19.1. The van der Waals surface area contributed by atoms with Crippen LogP contribution in [0.1, 0.15) is 38.5 Å². The van der Waals surface area contributed by atoms with Crippen molar-refractivity contribution >= 4 is 5.91 Å². The number of carbonyl (C=O) groups is 1. The minimum absolute atomic E-state index is 0.0379. The van der Waals surface area contributed by atoms with Gasteiger partial charge in [-0.3, -0.25) is 9.69 Å². The fourth-order valence-corrected chi connectivity index (χ4v) is 4.07. The molecular formula is C16H28N2O3. The van der Waals surface area contributed by atoms with Crippen LogP contribution in [0, 0.1) is 11.8 Å². The second-order valence-corrected chi connectivity index (χ2v) is 7.03.